The summed E-state index contributed by atoms with van der Waals surface area (Å²) in [5, 5.41) is 9.67. The van der Waals surface area contributed by atoms with Crippen LogP contribution in [-0.4, -0.2) is 88.4 Å². The lowest BCUT2D eigenvalue weighted by Gasteiger charge is -2.36. The van der Waals surface area contributed by atoms with Crippen LogP contribution in [0, 0.1) is 11.8 Å². The average Bonchev–Trinajstić information content (AvgIpc) is 3.67. The third-order valence-electron chi connectivity index (χ3n) is 9.61. The Labute approximate surface area is 330 Å². The molecule has 4 N–H and O–H groups in total. The van der Waals surface area contributed by atoms with E-state index in [1.807, 2.05) is 44.4 Å². The van der Waals surface area contributed by atoms with Gasteiger partial charge in [0.05, 0.1) is 6.61 Å². The lowest BCUT2D eigenvalue weighted by molar-refractivity contribution is -0.144. The number of ether oxygens (including phenoxy) is 2. The number of halogens is 3. The number of H-pyrrole nitrogens is 1. The largest absolute Gasteiger partial charge is 0.478 e. The summed E-state index contributed by atoms with van der Waals surface area (Å²) in [5.74, 6) is -2.17. The van der Waals surface area contributed by atoms with Gasteiger partial charge in [0.25, 0.3) is 0 Å². The van der Waals surface area contributed by atoms with E-state index in [0.29, 0.717) is 56.0 Å². The highest BCUT2D eigenvalue weighted by atomic mass is 19.4. The number of pyridine rings is 1. The van der Waals surface area contributed by atoms with Gasteiger partial charge >= 0.3 is 12.3 Å². The molecule has 0 spiro atoms. The maximum Gasteiger partial charge on any atom is 0.451 e. The van der Waals surface area contributed by atoms with Crippen LogP contribution in [0.2, 0.25) is 0 Å². The van der Waals surface area contributed by atoms with Crippen molar-refractivity contribution < 1.29 is 37.0 Å². The lowest BCUT2D eigenvalue weighted by Crippen LogP contribution is -2.52. The minimum atomic E-state index is -4.70. The van der Waals surface area contributed by atoms with Crippen LogP contribution in [0.15, 0.2) is 66.9 Å². The molecule has 2 aromatic heterocycles. The Balaban J connectivity index is 1.36. The predicted octanol–water partition coefficient (Wildman–Crippen LogP) is 6.64. The molecule has 16 heteroatoms. The Morgan fingerprint density at radius 2 is 1.65 bits per heavy atom. The maximum absolute atomic E-state index is 14.5. The van der Waals surface area contributed by atoms with Crippen LogP contribution in [0.1, 0.15) is 64.3 Å². The van der Waals surface area contributed by atoms with Crippen molar-refractivity contribution >= 4 is 23.6 Å². The van der Waals surface area contributed by atoms with Crippen molar-refractivity contribution in [3.05, 3.63) is 78.2 Å². The molecule has 0 radical (unpaired) electrons. The molecule has 1 aliphatic rings. The molecule has 2 heterocycles. The summed E-state index contributed by atoms with van der Waals surface area (Å²) < 4.78 is 50.8. The fourth-order valence-electron chi connectivity index (χ4n) is 6.73. The van der Waals surface area contributed by atoms with E-state index in [-0.39, 0.29) is 24.1 Å². The van der Waals surface area contributed by atoms with Gasteiger partial charge in [-0.3, -0.25) is 14.5 Å². The van der Waals surface area contributed by atoms with E-state index in [1.54, 1.807) is 45.2 Å². The Hall–Kier alpha value is -5.51. The van der Waals surface area contributed by atoms with Crippen LogP contribution < -0.4 is 20.7 Å². The number of aromatic nitrogens is 4. The molecule has 0 aliphatic heterocycles. The summed E-state index contributed by atoms with van der Waals surface area (Å²) >= 11 is 0. The van der Waals surface area contributed by atoms with E-state index >= 15 is 0 Å². The van der Waals surface area contributed by atoms with Gasteiger partial charge in [-0.25, -0.2) is 9.78 Å². The smallest absolute Gasteiger partial charge is 0.451 e. The molecule has 0 unspecified atom stereocenters. The number of benzene rings is 2. The third-order valence-corrected chi connectivity index (χ3v) is 9.61. The number of hydrogen-bond donors (Lipinski definition) is 3. The Kier molecular flexibility index (Phi) is 13.9. The van der Waals surface area contributed by atoms with Crippen molar-refractivity contribution in [1.82, 2.24) is 30.4 Å². The molecule has 57 heavy (non-hydrogen) atoms. The number of amides is 3. The Bertz CT molecular complexity index is 1950. The standard InChI is InChI=1S/C41H51F3N8O5/c1-40(2,3)57-39(55)47-24-26-10-12-29(13-11-26)37(54)52(32-17-14-28(15-18-32)36-48-38(50-49-36)41(42,43)44)33(35(45)53)23-27-8-6-9-30(22-27)31-16-19-34(46-25-31)56-21-7-20-51(4)5/h6,8-9,14-19,22,25-26,29,33H,7,10-13,20-21,23-24H2,1-5H3,(H2,45,53)(H,47,55)(H,48,49,50)/t26-,29-,33-/m0/s1. The van der Waals surface area contributed by atoms with Gasteiger partial charge in [0, 0.05) is 54.5 Å². The number of nitrogens with two attached hydrogens (primary N) is 1. The van der Waals surface area contributed by atoms with Gasteiger partial charge in [-0.2, -0.15) is 13.2 Å². The van der Waals surface area contributed by atoms with E-state index in [0.717, 1.165) is 29.7 Å². The number of carbonyl (C=O) groups is 3. The molecule has 13 nitrogen and oxygen atoms in total. The van der Waals surface area contributed by atoms with Crippen molar-refractivity contribution in [3.63, 3.8) is 0 Å². The zero-order valence-electron chi connectivity index (χ0n) is 32.9. The molecule has 3 amide bonds. The fraction of sp³-hybridized carbons (Fsp3) is 0.463. The number of hydrogen-bond acceptors (Lipinski definition) is 9. The van der Waals surface area contributed by atoms with Gasteiger partial charge in [0.15, 0.2) is 5.82 Å². The minimum Gasteiger partial charge on any atom is -0.478 e. The number of aromatic amines is 1. The fourth-order valence-corrected chi connectivity index (χ4v) is 6.73. The first kappa shape index (κ1) is 42.6. The molecule has 1 fully saturated rings. The number of nitrogens with one attached hydrogen (secondary N) is 2. The van der Waals surface area contributed by atoms with E-state index in [2.05, 4.69) is 30.4 Å². The van der Waals surface area contributed by atoms with Crippen molar-refractivity contribution in [2.24, 2.45) is 17.6 Å². The predicted molar refractivity (Wildman–Crippen MR) is 209 cm³/mol. The van der Waals surface area contributed by atoms with Crippen LogP contribution in [0.25, 0.3) is 22.5 Å². The number of alkyl carbamates (subject to hydrolysis) is 1. The van der Waals surface area contributed by atoms with Crippen LogP contribution >= 0.6 is 0 Å². The van der Waals surface area contributed by atoms with Gasteiger partial charge in [-0.15, -0.1) is 10.2 Å². The molecule has 0 bridgehead atoms. The second kappa shape index (κ2) is 18.6. The number of nitrogens with zero attached hydrogens (tertiary/aromatic N) is 5. The topological polar surface area (TPSA) is 169 Å². The van der Waals surface area contributed by atoms with Crippen molar-refractivity contribution in [1.29, 1.82) is 0 Å². The highest BCUT2D eigenvalue weighted by Crippen LogP contribution is 2.34. The summed E-state index contributed by atoms with van der Waals surface area (Å²) in [6, 6.07) is 16.3. The van der Waals surface area contributed by atoms with E-state index in [9.17, 15) is 27.6 Å². The molecule has 1 aliphatic carbocycles. The van der Waals surface area contributed by atoms with Gasteiger partial charge in [0.1, 0.15) is 11.6 Å². The molecule has 2 aromatic carbocycles. The number of primary amides is 1. The van der Waals surface area contributed by atoms with Crippen LogP contribution in [0.4, 0.5) is 23.7 Å². The van der Waals surface area contributed by atoms with Gasteiger partial charge in [0.2, 0.25) is 23.5 Å². The maximum atomic E-state index is 14.5. The third kappa shape index (κ3) is 12.2. The van der Waals surface area contributed by atoms with E-state index < -0.39 is 41.6 Å². The van der Waals surface area contributed by atoms with Gasteiger partial charge in [-0.1, -0.05) is 24.3 Å². The molecule has 4 aromatic rings. The van der Waals surface area contributed by atoms with Crippen molar-refractivity contribution in [2.45, 2.75) is 77.1 Å². The number of carbonyl (C=O) groups excluding carboxylic acids is 3. The zero-order chi connectivity index (χ0) is 41.3. The van der Waals surface area contributed by atoms with E-state index in [1.165, 1.54) is 17.0 Å². The molecule has 5 rings (SSSR count). The molecular formula is C41H51F3N8O5. The SMILES string of the molecule is CN(C)CCCOc1ccc(-c2cccc(C[C@@H](C(N)=O)N(c3ccc(-c4nnc(C(F)(F)F)[nH]4)cc3)C(=O)[C@H]3CC[C@H](CNC(=O)OC(C)(C)C)CC3)c2)cn1. The summed E-state index contributed by atoms with van der Waals surface area (Å²) in [5.41, 5.74) is 8.51. The van der Waals surface area contributed by atoms with Crippen molar-refractivity contribution in [2.75, 3.05) is 38.7 Å². The first-order valence-corrected chi connectivity index (χ1v) is 19.0. The first-order valence-electron chi connectivity index (χ1n) is 19.0. The number of anilines is 1. The summed E-state index contributed by atoms with van der Waals surface area (Å²) in [6.07, 6.45) is -0.208. The van der Waals surface area contributed by atoms with Gasteiger partial charge < -0.3 is 30.4 Å². The summed E-state index contributed by atoms with van der Waals surface area (Å²) in [7, 11) is 4.01. The normalized spacial score (nSPS) is 16.5. The quantitative estimate of drug-likeness (QED) is 0.112. The highest BCUT2D eigenvalue weighted by molar-refractivity contribution is 6.01. The molecule has 306 valence electrons. The van der Waals surface area contributed by atoms with Crippen LogP contribution in [0.3, 0.4) is 0 Å². The first-order chi connectivity index (χ1) is 27.0. The monoisotopic (exact) mass is 792 g/mol. The molecule has 1 saturated carbocycles. The number of alkyl halides is 3. The number of rotatable bonds is 15. The van der Waals surface area contributed by atoms with Crippen LogP contribution in [0.5, 0.6) is 5.88 Å². The molecule has 0 saturated heterocycles. The van der Waals surface area contributed by atoms with Crippen LogP contribution in [-0.2, 0) is 26.9 Å². The summed E-state index contributed by atoms with van der Waals surface area (Å²) in [4.78, 5) is 50.3. The highest BCUT2D eigenvalue weighted by Gasteiger charge is 2.37. The minimum absolute atomic E-state index is 0.0867. The lowest BCUT2D eigenvalue weighted by atomic mass is 9.81. The second-order valence-corrected chi connectivity index (χ2v) is 15.6. The zero-order valence-corrected chi connectivity index (χ0v) is 32.9. The van der Waals surface area contributed by atoms with Gasteiger partial charge in [-0.05, 0) is 114 Å². The van der Waals surface area contributed by atoms with Crippen molar-refractivity contribution in [3.8, 4) is 28.4 Å². The molecule has 1 atom stereocenters. The Morgan fingerprint density at radius 1 is 0.947 bits per heavy atom. The average molecular weight is 793 g/mol. The second-order valence-electron chi connectivity index (χ2n) is 15.6. The summed E-state index contributed by atoms with van der Waals surface area (Å²) in [6.45, 7) is 7.21. The van der Waals surface area contributed by atoms with E-state index in [4.69, 9.17) is 15.2 Å². The Morgan fingerprint density at radius 3 is 2.25 bits per heavy atom. The molecular weight excluding hydrogens is 741 g/mol.